The van der Waals surface area contributed by atoms with Gasteiger partial charge in [0.05, 0.1) is 0 Å². The summed E-state index contributed by atoms with van der Waals surface area (Å²) in [6, 6.07) is 15.9. The topological polar surface area (TPSA) is 25.8 Å². The van der Waals surface area contributed by atoms with Crippen LogP contribution in [0.5, 0.6) is 0 Å². The van der Waals surface area contributed by atoms with Crippen molar-refractivity contribution in [3.05, 3.63) is 94.6 Å². The number of benzene rings is 1. The normalized spacial score (nSPS) is 9.59. The molecule has 0 radical (unpaired) electrons. The van der Waals surface area contributed by atoms with Crippen LogP contribution in [-0.2, 0) is 12.8 Å². The predicted octanol–water partition coefficient (Wildman–Crippen LogP) is 5.97. The molecule has 0 bridgehead atoms. The van der Waals surface area contributed by atoms with Crippen molar-refractivity contribution in [3.63, 3.8) is 0 Å². The van der Waals surface area contributed by atoms with Crippen molar-refractivity contribution in [2.75, 3.05) is 0 Å². The third-order valence-corrected chi connectivity index (χ3v) is 5.35. The van der Waals surface area contributed by atoms with Gasteiger partial charge in [-0.15, -0.1) is 24.7 Å². The average molecular weight is 441 g/mol. The van der Waals surface area contributed by atoms with Crippen molar-refractivity contribution < 1.29 is 0 Å². The van der Waals surface area contributed by atoms with Gasteiger partial charge in [-0.3, -0.25) is 0 Å². The van der Waals surface area contributed by atoms with E-state index in [4.69, 9.17) is 12.8 Å². The first kappa shape index (κ1) is 24.4. The highest BCUT2D eigenvalue weighted by Gasteiger charge is 2.09. The van der Waals surface area contributed by atoms with Gasteiger partial charge < -0.3 is 0 Å². The Bertz CT molecular complexity index is 1170. The number of terminal acetylenes is 2. The summed E-state index contributed by atoms with van der Waals surface area (Å²) in [7, 11) is 0. The molecule has 0 saturated carbocycles. The zero-order valence-electron chi connectivity index (χ0n) is 19.5. The van der Waals surface area contributed by atoms with Crippen LogP contribution in [0.3, 0.4) is 0 Å². The van der Waals surface area contributed by atoms with Crippen LogP contribution in [-0.4, -0.2) is 9.97 Å². The second-order valence-corrected chi connectivity index (χ2v) is 7.92. The first-order chi connectivity index (χ1) is 16.8. The Morgan fingerprint density at radius 3 is 1.44 bits per heavy atom. The Morgan fingerprint density at radius 1 is 0.588 bits per heavy atom. The standard InChI is InChI=1S/C32H28N2/c1-3-5-7-9-15-27-25-29(19-21-31-17-11-13-23-33-31)30(20-22-32-18-12-14-24-34-32)26-28(27)16-10-8-6-4-2/h1-2,11-14,17-18,23-26H,5-10,15-16H2. The van der Waals surface area contributed by atoms with E-state index in [1.54, 1.807) is 12.4 Å². The zero-order chi connectivity index (χ0) is 23.8. The molecule has 34 heavy (non-hydrogen) atoms. The highest BCUT2D eigenvalue weighted by molar-refractivity contribution is 5.56. The lowest BCUT2D eigenvalue weighted by molar-refractivity contribution is 0.726. The van der Waals surface area contributed by atoms with Gasteiger partial charge in [-0.2, -0.15) is 0 Å². The Hall–Kier alpha value is -4.24. The summed E-state index contributed by atoms with van der Waals surface area (Å²) in [4.78, 5) is 8.66. The van der Waals surface area contributed by atoms with Gasteiger partial charge in [-0.25, -0.2) is 9.97 Å². The van der Waals surface area contributed by atoms with Gasteiger partial charge in [0.1, 0.15) is 11.4 Å². The Balaban J connectivity index is 2.00. The lowest BCUT2D eigenvalue weighted by Crippen LogP contribution is -2.00. The van der Waals surface area contributed by atoms with E-state index in [-0.39, 0.29) is 0 Å². The molecule has 2 heteroatoms. The Kier molecular flexibility index (Phi) is 10.1. The van der Waals surface area contributed by atoms with Gasteiger partial charge in [0.2, 0.25) is 0 Å². The van der Waals surface area contributed by atoms with E-state index in [1.807, 2.05) is 36.4 Å². The Labute approximate surface area is 204 Å². The van der Waals surface area contributed by atoms with Crippen molar-refractivity contribution in [3.8, 4) is 48.4 Å². The lowest BCUT2D eigenvalue weighted by Gasteiger charge is -2.12. The number of aryl methyl sites for hydroxylation is 2. The maximum atomic E-state index is 5.44. The first-order valence-electron chi connectivity index (χ1n) is 11.7. The molecule has 0 N–H and O–H groups in total. The molecule has 0 unspecified atom stereocenters. The van der Waals surface area contributed by atoms with Crippen LogP contribution in [0.2, 0.25) is 0 Å². The monoisotopic (exact) mass is 440 g/mol. The van der Waals surface area contributed by atoms with Crippen LogP contribution >= 0.6 is 0 Å². The molecule has 2 heterocycles. The number of rotatable bonds is 8. The average Bonchev–Trinajstić information content (AvgIpc) is 2.88. The molecule has 3 rings (SSSR count). The molecule has 0 aliphatic carbocycles. The molecule has 1 aromatic carbocycles. The summed E-state index contributed by atoms with van der Waals surface area (Å²) in [6.07, 6.45) is 22.1. The lowest BCUT2D eigenvalue weighted by atomic mass is 9.92. The largest absolute Gasteiger partial charge is 0.248 e. The van der Waals surface area contributed by atoms with Gasteiger partial charge in [0.25, 0.3) is 0 Å². The minimum atomic E-state index is 0.736. The molecule has 166 valence electrons. The van der Waals surface area contributed by atoms with Gasteiger partial charge in [0.15, 0.2) is 0 Å². The minimum absolute atomic E-state index is 0.736. The van der Waals surface area contributed by atoms with Crippen LogP contribution in [0.25, 0.3) is 0 Å². The summed E-state index contributed by atoms with van der Waals surface area (Å²) < 4.78 is 0. The van der Waals surface area contributed by atoms with Crippen molar-refractivity contribution in [1.29, 1.82) is 0 Å². The number of hydrogen-bond acceptors (Lipinski definition) is 2. The number of nitrogens with zero attached hydrogens (tertiary/aromatic N) is 2. The number of pyridine rings is 2. The van der Waals surface area contributed by atoms with Crippen LogP contribution in [0.1, 0.15) is 72.2 Å². The summed E-state index contributed by atoms with van der Waals surface area (Å²) >= 11 is 0. The zero-order valence-corrected chi connectivity index (χ0v) is 19.5. The fourth-order valence-electron chi connectivity index (χ4n) is 3.58. The van der Waals surface area contributed by atoms with E-state index >= 15 is 0 Å². The molecule has 2 nitrogen and oxygen atoms in total. The van der Waals surface area contributed by atoms with Crippen LogP contribution < -0.4 is 0 Å². The number of unbranched alkanes of at least 4 members (excludes halogenated alkanes) is 4. The number of aromatic nitrogens is 2. The van der Waals surface area contributed by atoms with Crippen molar-refractivity contribution in [2.24, 2.45) is 0 Å². The second-order valence-electron chi connectivity index (χ2n) is 7.92. The fraction of sp³-hybridized carbons (Fsp3) is 0.250. The van der Waals surface area contributed by atoms with Gasteiger partial charge >= 0.3 is 0 Å². The van der Waals surface area contributed by atoms with Crippen molar-refractivity contribution >= 4 is 0 Å². The molecule has 0 saturated heterocycles. The molecule has 0 amide bonds. The van der Waals surface area contributed by atoms with Crippen molar-refractivity contribution in [2.45, 2.75) is 51.4 Å². The fourth-order valence-corrected chi connectivity index (χ4v) is 3.58. The van der Waals surface area contributed by atoms with Gasteiger partial charge in [-0.1, -0.05) is 24.0 Å². The quantitative estimate of drug-likeness (QED) is 0.319. The third-order valence-electron chi connectivity index (χ3n) is 5.35. The van der Waals surface area contributed by atoms with E-state index in [1.165, 1.54) is 11.1 Å². The van der Waals surface area contributed by atoms with E-state index in [2.05, 4.69) is 57.6 Å². The maximum absolute atomic E-state index is 5.44. The molecule has 0 fully saturated rings. The third kappa shape index (κ3) is 8.03. The summed E-state index contributed by atoms with van der Waals surface area (Å²) in [5.41, 5.74) is 5.92. The highest BCUT2D eigenvalue weighted by atomic mass is 14.6. The number of hydrogen-bond donors (Lipinski definition) is 0. The predicted molar refractivity (Wildman–Crippen MR) is 140 cm³/mol. The van der Waals surface area contributed by atoms with Gasteiger partial charge in [-0.05, 0) is 97.9 Å². The molecule has 0 aliphatic rings. The Morgan fingerprint density at radius 2 is 1.06 bits per heavy atom. The summed E-state index contributed by atoms with van der Waals surface area (Å²) in [5.74, 6) is 18.5. The summed E-state index contributed by atoms with van der Waals surface area (Å²) in [6.45, 7) is 0. The van der Waals surface area contributed by atoms with Gasteiger partial charge in [0, 0.05) is 36.4 Å². The van der Waals surface area contributed by atoms with E-state index < -0.39 is 0 Å². The van der Waals surface area contributed by atoms with Crippen LogP contribution in [0.4, 0.5) is 0 Å². The molecule has 3 aromatic rings. The van der Waals surface area contributed by atoms with Crippen LogP contribution in [0, 0.1) is 48.4 Å². The maximum Gasteiger partial charge on any atom is 0.113 e. The van der Waals surface area contributed by atoms with E-state index in [0.717, 1.165) is 73.9 Å². The highest BCUT2D eigenvalue weighted by Crippen LogP contribution is 2.21. The molecule has 2 aromatic heterocycles. The second kappa shape index (κ2) is 14.0. The SMILES string of the molecule is C#CCCCCc1cc(C#Cc2ccccn2)c(C#Cc2ccccn2)cc1CCCCC#C. The first-order valence-corrected chi connectivity index (χ1v) is 11.7. The van der Waals surface area contributed by atoms with E-state index in [9.17, 15) is 0 Å². The molecule has 0 spiro atoms. The molecule has 0 atom stereocenters. The van der Waals surface area contributed by atoms with Crippen LogP contribution in [0.15, 0.2) is 60.9 Å². The molecular formula is C32H28N2. The van der Waals surface area contributed by atoms with E-state index in [0.29, 0.717) is 0 Å². The van der Waals surface area contributed by atoms with Crippen molar-refractivity contribution in [1.82, 2.24) is 9.97 Å². The molecule has 0 aliphatic heterocycles. The smallest absolute Gasteiger partial charge is 0.113 e. The summed E-state index contributed by atoms with van der Waals surface area (Å²) in [5, 5.41) is 0. The minimum Gasteiger partial charge on any atom is -0.248 e. The molecular weight excluding hydrogens is 412 g/mol.